The zero-order valence-corrected chi connectivity index (χ0v) is 42.6. The van der Waals surface area contributed by atoms with E-state index in [0.29, 0.717) is 22.3 Å². The van der Waals surface area contributed by atoms with E-state index in [1.54, 1.807) is 24.3 Å². The van der Waals surface area contributed by atoms with Gasteiger partial charge < -0.3 is 72.5 Å². The van der Waals surface area contributed by atoms with Crippen molar-refractivity contribution in [3.63, 3.8) is 0 Å². The summed E-state index contributed by atoms with van der Waals surface area (Å²) in [4.78, 5) is 98.2. The molecule has 0 aromatic heterocycles. The van der Waals surface area contributed by atoms with Gasteiger partial charge in [0.05, 0.1) is 0 Å². The van der Waals surface area contributed by atoms with Crippen molar-refractivity contribution in [1.82, 2.24) is 0 Å². The fraction of sp³-hybridized carbons (Fsp3) is 0.286. The average Bonchev–Trinajstić information content (AvgIpc) is 3.80. The molecule has 2 heterocycles. The van der Waals surface area contributed by atoms with Crippen LogP contribution in [0.5, 0.6) is 23.0 Å². The van der Waals surface area contributed by atoms with E-state index in [-0.39, 0.29) is 23.0 Å². The molecule has 0 radical (unpaired) electrons. The van der Waals surface area contributed by atoms with E-state index < -0.39 is 122 Å². The monoisotopic (exact) mass is 1090 g/mol. The summed E-state index contributed by atoms with van der Waals surface area (Å²) >= 11 is 0. The van der Waals surface area contributed by atoms with Crippen LogP contribution in [0.3, 0.4) is 0 Å². The molecule has 2 saturated heterocycles. The lowest BCUT2D eigenvalue weighted by Crippen LogP contribution is -2.64. The third-order valence-electron chi connectivity index (χ3n) is 11.1. The summed E-state index contributed by atoms with van der Waals surface area (Å²) in [6, 6.07) is 24.0. The predicted molar refractivity (Wildman–Crippen MR) is 271 cm³/mol. The van der Waals surface area contributed by atoms with Crippen LogP contribution in [0.1, 0.15) is 49.9 Å². The van der Waals surface area contributed by atoms with Crippen LogP contribution >= 0.6 is 0 Å². The predicted octanol–water partition coefficient (Wildman–Crippen LogP) is 3.36. The van der Waals surface area contributed by atoms with Crippen LogP contribution in [0.4, 0.5) is 0 Å². The first-order chi connectivity index (χ1) is 37.7. The molecular formula is C56H54O23. The Morgan fingerprint density at radius 2 is 0.810 bits per heavy atom. The molecule has 4 aromatic carbocycles. The van der Waals surface area contributed by atoms with Gasteiger partial charge in [0.2, 0.25) is 5.79 Å². The van der Waals surface area contributed by atoms with E-state index >= 15 is 0 Å². The minimum absolute atomic E-state index is 0.219. The molecule has 4 aromatic rings. The average molecular weight is 1100 g/mol. The molecule has 0 amide bonds. The summed E-state index contributed by atoms with van der Waals surface area (Å²) < 4.78 is 60.0. The Morgan fingerprint density at radius 1 is 0.468 bits per heavy atom. The molecule has 2 aliphatic heterocycles. The molecule has 4 N–H and O–H groups in total. The van der Waals surface area contributed by atoms with Crippen molar-refractivity contribution < 1.29 is 111 Å². The zero-order valence-electron chi connectivity index (χ0n) is 42.6. The molecule has 9 atom stereocenters. The van der Waals surface area contributed by atoms with Gasteiger partial charge in [0.1, 0.15) is 73.3 Å². The number of ether oxygens (including phenoxy) is 11. The van der Waals surface area contributed by atoms with Gasteiger partial charge in [-0.25, -0.2) is 19.2 Å². The van der Waals surface area contributed by atoms with Gasteiger partial charge in [-0.1, -0.05) is 48.5 Å². The van der Waals surface area contributed by atoms with Gasteiger partial charge in [-0.3, -0.25) is 19.2 Å². The molecule has 0 unspecified atom stereocenters. The Morgan fingerprint density at radius 3 is 1.16 bits per heavy atom. The minimum atomic E-state index is -2.72. The van der Waals surface area contributed by atoms with E-state index in [9.17, 15) is 58.8 Å². The quantitative estimate of drug-likeness (QED) is 0.0402. The first kappa shape index (κ1) is 59.6. The van der Waals surface area contributed by atoms with Gasteiger partial charge in [0, 0.05) is 52.0 Å². The molecule has 23 heteroatoms. The van der Waals surface area contributed by atoms with Gasteiger partial charge in [-0.05, 0) is 95.1 Å². The SMILES string of the molecule is CC(=O)Oc1ccc(/C=C/C(=O)OC[C@H]2O[C@@](CO)(O[C@H]3O[C@H](COC(=O)/C=C/c4ccc(OC(C)=O)cc4)[C@@H](O)[C@H](OC(=O)/C=C/c4ccc(OC(C)=O)cc4)[C@H]3O)[C@@H](OC(=O)/C=C/c3ccc(OC(C)=O)cc3)[C@@H]2O)cc1. The van der Waals surface area contributed by atoms with Crippen molar-refractivity contribution in [2.45, 2.75) is 82.5 Å². The Hall–Kier alpha value is -8.68. The third-order valence-corrected chi connectivity index (χ3v) is 11.1. The first-order valence-corrected chi connectivity index (χ1v) is 24.0. The minimum Gasteiger partial charge on any atom is -0.460 e. The maximum Gasteiger partial charge on any atom is 0.331 e. The van der Waals surface area contributed by atoms with Gasteiger partial charge in [0.25, 0.3) is 0 Å². The highest BCUT2D eigenvalue weighted by molar-refractivity contribution is 5.89. The highest BCUT2D eigenvalue weighted by Gasteiger charge is 2.61. The van der Waals surface area contributed by atoms with E-state index in [0.717, 1.165) is 24.3 Å². The van der Waals surface area contributed by atoms with Gasteiger partial charge in [-0.15, -0.1) is 0 Å². The van der Waals surface area contributed by atoms with Gasteiger partial charge in [-0.2, -0.15) is 0 Å². The lowest BCUT2D eigenvalue weighted by atomic mass is 9.98. The van der Waals surface area contributed by atoms with Crippen LogP contribution in [-0.2, 0) is 71.5 Å². The third kappa shape index (κ3) is 17.9. The lowest BCUT2D eigenvalue weighted by molar-refractivity contribution is -0.383. The highest BCUT2D eigenvalue weighted by atomic mass is 16.8. The zero-order chi connectivity index (χ0) is 57.2. The van der Waals surface area contributed by atoms with Crippen molar-refractivity contribution in [3.8, 4) is 23.0 Å². The number of hydrogen-bond acceptors (Lipinski definition) is 23. The van der Waals surface area contributed by atoms with E-state index in [1.807, 2.05) is 0 Å². The topological polar surface area (TPSA) is 319 Å². The molecule has 23 nitrogen and oxygen atoms in total. The second kappa shape index (κ2) is 28.1. The Bertz CT molecular complexity index is 2930. The second-order valence-electron chi connectivity index (χ2n) is 17.3. The summed E-state index contributed by atoms with van der Waals surface area (Å²) in [7, 11) is 0. The summed E-state index contributed by atoms with van der Waals surface area (Å²) in [5.41, 5.74) is 1.83. The molecule has 0 saturated carbocycles. The van der Waals surface area contributed by atoms with E-state index in [2.05, 4.69) is 0 Å². The second-order valence-corrected chi connectivity index (χ2v) is 17.3. The molecule has 6 rings (SSSR count). The summed E-state index contributed by atoms with van der Waals surface area (Å²) in [6.45, 7) is 2.04. The number of aliphatic hydroxyl groups excluding tert-OH is 4. The van der Waals surface area contributed by atoms with Crippen LogP contribution in [0.25, 0.3) is 24.3 Å². The molecule has 0 bridgehead atoms. The lowest BCUT2D eigenvalue weighted by Gasteiger charge is -2.44. The highest BCUT2D eigenvalue weighted by Crippen LogP contribution is 2.39. The molecule has 79 heavy (non-hydrogen) atoms. The standard InChI is InChI=1S/C56H54O23/c1-32(58)71-40-17-5-36(6-18-40)13-25-46(62)69-29-44-50(66)53(76-48(64)27-15-38-9-21-42(22-10-38)73-34(3)60)52(68)55(75-44)79-56(31-57)54(77-49(65)28-16-39-11-23-43(24-12-39)74-35(4)61)51(67)45(78-56)30-70-47(63)26-14-37-7-19-41(20-8-37)72-33(2)59/h5-28,44-45,50-55,57,66-68H,29-31H2,1-4H3/b25-13+,26-14+,27-15+,28-16+/t44-,45-,50-,51-,52-,53+,54+,55-,56+/m1/s1. The molecule has 2 aliphatic rings. The number of benzene rings is 4. The number of rotatable bonds is 21. The van der Waals surface area contributed by atoms with E-state index in [1.165, 1.54) is 125 Å². The molecule has 416 valence electrons. The largest absolute Gasteiger partial charge is 0.460 e. The normalized spacial score (nSPS) is 22.8. The Balaban J connectivity index is 1.25. The van der Waals surface area contributed by atoms with Crippen molar-refractivity contribution in [2.24, 2.45) is 0 Å². The maximum absolute atomic E-state index is 13.5. The van der Waals surface area contributed by atoms with Crippen molar-refractivity contribution in [1.29, 1.82) is 0 Å². The Kier molecular flexibility index (Phi) is 21.2. The molecule has 0 aliphatic carbocycles. The van der Waals surface area contributed by atoms with E-state index in [4.69, 9.17) is 52.1 Å². The van der Waals surface area contributed by atoms with Crippen LogP contribution in [-0.4, -0.2) is 143 Å². The number of esters is 8. The Labute approximate surface area is 450 Å². The van der Waals surface area contributed by atoms with Gasteiger partial charge in [0.15, 0.2) is 18.5 Å². The fourth-order valence-corrected chi connectivity index (χ4v) is 7.54. The van der Waals surface area contributed by atoms with Gasteiger partial charge >= 0.3 is 47.8 Å². The number of carbonyl (C=O) groups is 8. The fourth-order valence-electron chi connectivity index (χ4n) is 7.54. The smallest absolute Gasteiger partial charge is 0.331 e. The molecular weight excluding hydrogens is 1040 g/mol. The van der Waals surface area contributed by atoms with Crippen LogP contribution in [0, 0.1) is 0 Å². The van der Waals surface area contributed by atoms with Crippen LogP contribution < -0.4 is 18.9 Å². The van der Waals surface area contributed by atoms with Crippen molar-refractivity contribution >= 4 is 72.1 Å². The first-order valence-electron chi connectivity index (χ1n) is 24.0. The van der Waals surface area contributed by atoms with Crippen molar-refractivity contribution in [2.75, 3.05) is 19.8 Å². The summed E-state index contributed by atoms with van der Waals surface area (Å²) in [5, 5.41) is 46.2. The number of aliphatic hydroxyl groups is 4. The van der Waals surface area contributed by atoms with Crippen LogP contribution in [0.2, 0.25) is 0 Å². The van der Waals surface area contributed by atoms with Crippen molar-refractivity contribution in [3.05, 3.63) is 144 Å². The number of hydrogen-bond donors (Lipinski definition) is 4. The summed E-state index contributed by atoms with van der Waals surface area (Å²) in [5.74, 6) is -8.18. The number of carbonyl (C=O) groups excluding carboxylic acids is 8. The summed E-state index contributed by atoms with van der Waals surface area (Å²) in [6.07, 6.45) is -6.44. The molecule has 0 spiro atoms. The molecule has 2 fully saturated rings. The maximum atomic E-state index is 13.5. The van der Waals surface area contributed by atoms with Crippen LogP contribution in [0.15, 0.2) is 121 Å².